The number of hydrogen-bond acceptors (Lipinski definition) is 3. The monoisotopic (exact) mass is 396 g/mol. The molecule has 2 heterocycles. The van der Waals surface area contributed by atoms with Crippen molar-refractivity contribution < 1.29 is 9.59 Å². The molecule has 2 amide bonds. The molecule has 2 aliphatic rings. The molecule has 0 radical (unpaired) electrons. The van der Waals surface area contributed by atoms with E-state index in [1.54, 1.807) is 0 Å². The highest BCUT2D eigenvalue weighted by atomic mass is 16.2. The first-order chi connectivity index (χ1) is 14.7. The molecule has 0 spiro atoms. The zero-order valence-electron chi connectivity index (χ0n) is 16.9. The Morgan fingerprint density at radius 2 is 1.47 bits per heavy atom. The summed E-state index contributed by atoms with van der Waals surface area (Å²) >= 11 is 0. The van der Waals surface area contributed by atoms with E-state index in [1.165, 1.54) is 16.0 Å². The summed E-state index contributed by atoms with van der Waals surface area (Å²) in [5.74, 6) is -0.344. The second-order valence-electron chi connectivity index (χ2n) is 7.97. The van der Waals surface area contributed by atoms with Crippen molar-refractivity contribution in [2.45, 2.75) is 12.8 Å². The zero-order valence-corrected chi connectivity index (χ0v) is 16.9. The van der Waals surface area contributed by atoms with E-state index in [9.17, 15) is 9.59 Å². The third-order valence-corrected chi connectivity index (χ3v) is 6.15. The smallest absolute Gasteiger partial charge is 0.261 e. The summed E-state index contributed by atoms with van der Waals surface area (Å²) in [5, 5.41) is 1.74. The van der Waals surface area contributed by atoms with Crippen LogP contribution in [0, 0.1) is 0 Å². The molecule has 5 rings (SSSR count). The number of benzene rings is 3. The molecule has 4 nitrogen and oxygen atoms in total. The minimum Gasteiger partial charge on any atom is -0.299 e. The minimum absolute atomic E-state index is 0.172. The molecule has 3 aromatic carbocycles. The summed E-state index contributed by atoms with van der Waals surface area (Å²) in [6.07, 6.45) is 4.11. The van der Waals surface area contributed by atoms with E-state index in [2.05, 4.69) is 35.2 Å². The molecule has 4 heteroatoms. The van der Waals surface area contributed by atoms with Crippen molar-refractivity contribution in [3.63, 3.8) is 0 Å². The highest BCUT2D eigenvalue weighted by Crippen LogP contribution is 2.30. The first-order valence-electron chi connectivity index (χ1n) is 10.6. The fraction of sp³-hybridized carbons (Fsp3) is 0.231. The number of nitrogens with zero attached hydrogens (tertiary/aromatic N) is 2. The van der Waals surface area contributed by atoms with Crippen LogP contribution in [-0.2, 0) is 0 Å². The Morgan fingerprint density at radius 1 is 0.767 bits per heavy atom. The molecule has 0 fully saturated rings. The summed E-state index contributed by atoms with van der Waals surface area (Å²) in [7, 11) is 0. The lowest BCUT2D eigenvalue weighted by Gasteiger charge is -2.29. The average molecular weight is 396 g/mol. The van der Waals surface area contributed by atoms with Crippen molar-refractivity contribution in [2.75, 3.05) is 26.2 Å². The van der Waals surface area contributed by atoms with Crippen molar-refractivity contribution >= 4 is 28.2 Å². The van der Waals surface area contributed by atoms with Crippen LogP contribution >= 0.6 is 0 Å². The van der Waals surface area contributed by atoms with E-state index in [4.69, 9.17) is 0 Å². The lowest BCUT2D eigenvalue weighted by atomic mass is 9.94. The van der Waals surface area contributed by atoms with Gasteiger partial charge in [-0.15, -0.1) is 0 Å². The van der Waals surface area contributed by atoms with Gasteiger partial charge in [-0.25, -0.2) is 0 Å². The fourth-order valence-corrected chi connectivity index (χ4v) is 4.56. The van der Waals surface area contributed by atoms with Crippen LogP contribution in [0.3, 0.4) is 0 Å². The van der Waals surface area contributed by atoms with Gasteiger partial charge in [0.05, 0.1) is 0 Å². The maximum atomic E-state index is 13.0. The van der Waals surface area contributed by atoms with Crippen LogP contribution in [0.4, 0.5) is 0 Å². The van der Waals surface area contributed by atoms with Crippen LogP contribution in [0.25, 0.3) is 16.3 Å². The van der Waals surface area contributed by atoms with Gasteiger partial charge < -0.3 is 0 Å². The normalized spacial score (nSPS) is 16.8. The van der Waals surface area contributed by atoms with Crippen LogP contribution in [0.5, 0.6) is 0 Å². The van der Waals surface area contributed by atoms with Gasteiger partial charge in [-0.2, -0.15) is 0 Å². The highest BCUT2D eigenvalue weighted by molar-refractivity contribution is 6.25. The Balaban J connectivity index is 1.23. The maximum absolute atomic E-state index is 13.0. The molecular weight excluding hydrogens is 372 g/mol. The largest absolute Gasteiger partial charge is 0.299 e. The van der Waals surface area contributed by atoms with Gasteiger partial charge in [-0.05, 0) is 41.5 Å². The van der Waals surface area contributed by atoms with Gasteiger partial charge in [0.25, 0.3) is 11.8 Å². The van der Waals surface area contributed by atoms with Gasteiger partial charge in [0, 0.05) is 42.7 Å². The lowest BCUT2D eigenvalue weighted by Crippen LogP contribution is -2.42. The summed E-state index contributed by atoms with van der Waals surface area (Å²) in [6.45, 7) is 3.24. The van der Waals surface area contributed by atoms with Crippen LogP contribution in [0.15, 0.2) is 72.8 Å². The minimum atomic E-state index is -0.172. The van der Waals surface area contributed by atoms with Crippen molar-refractivity contribution in [1.29, 1.82) is 0 Å². The molecule has 0 atom stereocenters. The Morgan fingerprint density at radius 3 is 2.10 bits per heavy atom. The standard InChI is InChI=1S/C26H24N2O2/c29-25-22-11-4-9-21-10-5-12-23(24(21)22)26(30)28(25)16-6-15-27-17-13-20(14-18-27)19-7-2-1-3-8-19/h1-5,7-13H,6,14-18H2. The first kappa shape index (κ1) is 18.8. The average Bonchev–Trinajstić information content (AvgIpc) is 2.80. The SMILES string of the molecule is O=C1c2cccc3cccc(c23)C(=O)N1CCCN1CC=C(c2ccccc2)CC1. The van der Waals surface area contributed by atoms with Gasteiger partial charge in [0.15, 0.2) is 0 Å². The second-order valence-corrected chi connectivity index (χ2v) is 7.97. The molecule has 0 saturated carbocycles. The van der Waals surface area contributed by atoms with Crippen LogP contribution in [0.1, 0.15) is 39.1 Å². The number of carbonyl (C=O) groups is 2. The van der Waals surface area contributed by atoms with Gasteiger partial charge in [0.1, 0.15) is 0 Å². The third-order valence-electron chi connectivity index (χ3n) is 6.15. The van der Waals surface area contributed by atoms with E-state index in [0.717, 1.165) is 43.2 Å². The molecule has 0 bridgehead atoms. The molecule has 150 valence electrons. The van der Waals surface area contributed by atoms with Crippen molar-refractivity contribution in [1.82, 2.24) is 9.80 Å². The molecule has 3 aromatic rings. The fourth-order valence-electron chi connectivity index (χ4n) is 4.56. The van der Waals surface area contributed by atoms with Crippen LogP contribution in [0.2, 0.25) is 0 Å². The third kappa shape index (κ3) is 3.33. The summed E-state index contributed by atoms with van der Waals surface area (Å²) in [6, 6.07) is 21.8. The quantitative estimate of drug-likeness (QED) is 0.591. The summed E-state index contributed by atoms with van der Waals surface area (Å²) < 4.78 is 0. The highest BCUT2D eigenvalue weighted by Gasteiger charge is 2.32. The summed E-state index contributed by atoms with van der Waals surface area (Å²) in [5.41, 5.74) is 3.97. The molecule has 0 aromatic heterocycles. The van der Waals surface area contributed by atoms with E-state index in [-0.39, 0.29) is 11.8 Å². The first-order valence-corrected chi connectivity index (χ1v) is 10.6. The molecule has 0 saturated heterocycles. The molecular formula is C26H24N2O2. The molecule has 30 heavy (non-hydrogen) atoms. The summed E-state index contributed by atoms with van der Waals surface area (Å²) in [4.78, 5) is 29.8. The molecule has 0 N–H and O–H groups in total. The predicted molar refractivity (Wildman–Crippen MR) is 119 cm³/mol. The van der Waals surface area contributed by atoms with Gasteiger partial charge in [-0.1, -0.05) is 60.7 Å². The number of amides is 2. The lowest BCUT2D eigenvalue weighted by molar-refractivity contribution is 0.0604. The van der Waals surface area contributed by atoms with Crippen molar-refractivity contribution in [2.24, 2.45) is 0 Å². The van der Waals surface area contributed by atoms with Crippen molar-refractivity contribution in [3.05, 3.63) is 89.5 Å². The van der Waals surface area contributed by atoms with Crippen LogP contribution in [-0.4, -0.2) is 47.8 Å². The maximum Gasteiger partial charge on any atom is 0.261 e. The van der Waals surface area contributed by atoms with E-state index >= 15 is 0 Å². The Kier molecular flexibility index (Phi) is 4.93. The number of rotatable bonds is 5. The topological polar surface area (TPSA) is 40.6 Å². The van der Waals surface area contributed by atoms with E-state index in [0.29, 0.717) is 17.7 Å². The predicted octanol–water partition coefficient (Wildman–Crippen LogP) is 4.62. The van der Waals surface area contributed by atoms with Gasteiger partial charge >= 0.3 is 0 Å². The number of imide groups is 1. The molecule has 0 unspecified atom stereocenters. The van der Waals surface area contributed by atoms with E-state index in [1.807, 2.05) is 42.5 Å². The Bertz CT molecular complexity index is 1100. The van der Waals surface area contributed by atoms with Gasteiger partial charge in [0.2, 0.25) is 0 Å². The van der Waals surface area contributed by atoms with Crippen molar-refractivity contribution in [3.8, 4) is 0 Å². The van der Waals surface area contributed by atoms with Crippen LogP contribution < -0.4 is 0 Å². The Hall–Kier alpha value is -3.24. The second kappa shape index (κ2) is 7.88. The molecule has 0 aliphatic carbocycles. The van der Waals surface area contributed by atoms with Gasteiger partial charge in [-0.3, -0.25) is 19.4 Å². The van der Waals surface area contributed by atoms with E-state index < -0.39 is 0 Å². The zero-order chi connectivity index (χ0) is 20.5. The Labute approximate surface area is 176 Å². The molecule has 2 aliphatic heterocycles. The number of carbonyl (C=O) groups excluding carboxylic acids is 2. The number of hydrogen-bond donors (Lipinski definition) is 0.